The van der Waals surface area contributed by atoms with Gasteiger partial charge < -0.3 is 14.5 Å². The predicted molar refractivity (Wildman–Crippen MR) is 129 cm³/mol. The highest BCUT2D eigenvalue weighted by molar-refractivity contribution is 5.88. The average Bonchev–Trinajstić information content (AvgIpc) is 3.27. The second kappa shape index (κ2) is 8.84. The van der Waals surface area contributed by atoms with E-state index in [0.717, 1.165) is 98.8 Å². The molecule has 2 unspecified atom stereocenters. The van der Waals surface area contributed by atoms with E-state index in [0.29, 0.717) is 0 Å². The van der Waals surface area contributed by atoms with Gasteiger partial charge in [0, 0.05) is 37.9 Å². The van der Waals surface area contributed by atoms with Crippen LogP contribution in [0.2, 0.25) is 0 Å². The van der Waals surface area contributed by atoms with Gasteiger partial charge >= 0.3 is 0 Å². The summed E-state index contributed by atoms with van der Waals surface area (Å²) in [5.74, 6) is 1.79. The van der Waals surface area contributed by atoms with Crippen LogP contribution in [-0.4, -0.2) is 50.5 Å². The monoisotopic (exact) mass is 458 g/mol. The molecule has 0 aromatic carbocycles. The predicted octanol–water partition coefficient (Wildman–Crippen LogP) is 4.13. The number of aryl methyl sites for hydroxylation is 1. The van der Waals surface area contributed by atoms with Gasteiger partial charge in [-0.15, -0.1) is 5.10 Å². The van der Waals surface area contributed by atoms with E-state index in [9.17, 15) is 5.26 Å². The maximum atomic E-state index is 9.35. The zero-order valence-corrected chi connectivity index (χ0v) is 19.6. The van der Waals surface area contributed by atoms with Crippen molar-refractivity contribution in [3.63, 3.8) is 0 Å². The largest absolute Gasteiger partial charge is 0.356 e. The van der Waals surface area contributed by atoms with Crippen LogP contribution in [0.1, 0.15) is 57.4 Å². The Morgan fingerprint density at radius 2 is 2.09 bits per heavy atom. The van der Waals surface area contributed by atoms with Gasteiger partial charge in [-0.05, 0) is 64.0 Å². The number of piperidine rings is 1. The highest BCUT2D eigenvalue weighted by Crippen LogP contribution is 2.37. The zero-order chi connectivity index (χ0) is 23.1. The molecular formula is C25H30N8O. The maximum Gasteiger partial charge on any atom is 0.183 e. The summed E-state index contributed by atoms with van der Waals surface area (Å²) in [5, 5.41) is 14.4. The molecule has 176 valence electrons. The molecule has 0 amide bonds. The normalized spacial score (nSPS) is 25.2. The summed E-state index contributed by atoms with van der Waals surface area (Å²) >= 11 is 0. The number of nitriles is 1. The second-order valence-electron chi connectivity index (χ2n) is 9.61. The Morgan fingerprint density at radius 3 is 2.91 bits per heavy atom. The van der Waals surface area contributed by atoms with Crippen molar-refractivity contribution in [2.75, 3.05) is 29.5 Å². The number of nitrogens with zero attached hydrogens (tertiary/aromatic N) is 8. The minimum atomic E-state index is -0.130. The van der Waals surface area contributed by atoms with Crippen LogP contribution >= 0.6 is 0 Å². The first-order valence-corrected chi connectivity index (χ1v) is 12.5. The third-order valence-electron chi connectivity index (χ3n) is 7.36. The average molecular weight is 459 g/mol. The van der Waals surface area contributed by atoms with Crippen LogP contribution in [0.15, 0.2) is 24.5 Å². The molecule has 3 aliphatic heterocycles. The third kappa shape index (κ3) is 3.66. The highest BCUT2D eigenvalue weighted by atomic mass is 16.5. The fraction of sp³-hybridized carbons (Fsp3) is 0.560. The lowest BCUT2D eigenvalue weighted by molar-refractivity contribution is -0.0368. The van der Waals surface area contributed by atoms with Gasteiger partial charge in [-0.1, -0.05) is 0 Å². The Bertz CT molecular complexity index is 1230. The van der Waals surface area contributed by atoms with E-state index in [-0.39, 0.29) is 18.2 Å². The molecule has 0 spiro atoms. The summed E-state index contributed by atoms with van der Waals surface area (Å²) in [6.07, 6.45) is 10.4. The number of anilines is 3. The molecule has 0 bridgehead atoms. The lowest BCUT2D eigenvalue weighted by atomic mass is 9.93. The molecule has 3 atom stereocenters. The fourth-order valence-corrected chi connectivity index (χ4v) is 5.56. The van der Waals surface area contributed by atoms with E-state index >= 15 is 0 Å². The molecule has 3 aliphatic rings. The molecule has 0 saturated carbocycles. The van der Waals surface area contributed by atoms with Crippen LogP contribution in [0.5, 0.6) is 0 Å². The van der Waals surface area contributed by atoms with Gasteiger partial charge in [-0.3, -0.25) is 4.98 Å². The number of hydrogen-bond donors (Lipinski definition) is 0. The molecule has 6 rings (SSSR count). The second-order valence-corrected chi connectivity index (χ2v) is 9.61. The van der Waals surface area contributed by atoms with E-state index in [1.807, 2.05) is 23.1 Å². The molecule has 3 aromatic rings. The Labute approximate surface area is 199 Å². The first kappa shape index (κ1) is 21.3. The molecule has 0 aliphatic carbocycles. The Kier molecular flexibility index (Phi) is 5.53. The molecule has 3 aromatic heterocycles. The quantitative estimate of drug-likeness (QED) is 0.578. The van der Waals surface area contributed by atoms with Gasteiger partial charge in [-0.25, -0.2) is 14.6 Å². The van der Waals surface area contributed by atoms with Crippen LogP contribution in [0, 0.1) is 17.2 Å². The zero-order valence-electron chi connectivity index (χ0n) is 19.6. The number of aromatic nitrogens is 5. The summed E-state index contributed by atoms with van der Waals surface area (Å²) in [5.41, 5.74) is 3.77. The van der Waals surface area contributed by atoms with Gasteiger partial charge in [-0.2, -0.15) is 5.26 Å². The number of hydrogen-bond acceptors (Lipinski definition) is 8. The third-order valence-corrected chi connectivity index (χ3v) is 7.36. The lowest BCUT2D eigenvalue weighted by Gasteiger charge is -2.36. The van der Waals surface area contributed by atoms with Crippen molar-refractivity contribution in [3.05, 3.63) is 30.2 Å². The van der Waals surface area contributed by atoms with Gasteiger partial charge in [0.1, 0.15) is 5.82 Å². The number of ether oxygens (including phenoxy) is 1. The minimum absolute atomic E-state index is 0.114. The van der Waals surface area contributed by atoms with E-state index in [2.05, 4.69) is 33.8 Å². The van der Waals surface area contributed by atoms with Crippen molar-refractivity contribution in [2.45, 2.75) is 64.1 Å². The van der Waals surface area contributed by atoms with Crippen LogP contribution in [-0.2, 0) is 11.2 Å². The fourth-order valence-electron chi connectivity index (χ4n) is 5.56. The lowest BCUT2D eigenvalue weighted by Crippen LogP contribution is -2.41. The van der Waals surface area contributed by atoms with Gasteiger partial charge in [0.2, 0.25) is 0 Å². The Morgan fingerprint density at radius 1 is 1.15 bits per heavy atom. The molecule has 9 heteroatoms. The van der Waals surface area contributed by atoms with Crippen LogP contribution in [0.25, 0.3) is 11.2 Å². The Hall–Kier alpha value is -3.25. The summed E-state index contributed by atoms with van der Waals surface area (Å²) < 4.78 is 8.09. The summed E-state index contributed by atoms with van der Waals surface area (Å²) in [7, 11) is 0. The molecule has 34 heavy (non-hydrogen) atoms. The van der Waals surface area contributed by atoms with Crippen LogP contribution < -0.4 is 9.80 Å². The van der Waals surface area contributed by atoms with Gasteiger partial charge in [0.15, 0.2) is 23.2 Å². The molecule has 6 heterocycles. The number of rotatable bonds is 3. The van der Waals surface area contributed by atoms with Crippen molar-refractivity contribution in [3.8, 4) is 6.07 Å². The van der Waals surface area contributed by atoms with Crippen LogP contribution in [0.4, 0.5) is 17.3 Å². The first-order chi connectivity index (χ1) is 16.7. The molecule has 0 radical (unpaired) electrons. The number of fused-ring (bicyclic) bond motifs is 2. The SMILES string of the molecule is C[C@@H]1CC(C#N)CCN1c1cnc2c(N3CCCc4ncccc43)nn(C3CCCCO3)c2n1. The summed E-state index contributed by atoms with van der Waals surface area (Å²) in [4.78, 5) is 19.1. The van der Waals surface area contributed by atoms with Crippen molar-refractivity contribution in [1.82, 2.24) is 24.7 Å². The standard InChI is InChI=1S/C25H30N8O/c1-17-14-18(15-26)9-12-31(17)21-16-28-23-24(29-21)33(22-8-2-3-13-34-22)30-25(23)32-11-5-6-19-20(32)7-4-10-27-19/h4,7,10,16-18,22H,2-3,5-6,8-9,11-14H2,1H3/t17-,18?,22?/m1/s1. The Balaban J connectivity index is 1.44. The molecule has 2 saturated heterocycles. The minimum Gasteiger partial charge on any atom is -0.356 e. The molecule has 0 N–H and O–H groups in total. The highest BCUT2D eigenvalue weighted by Gasteiger charge is 2.31. The smallest absolute Gasteiger partial charge is 0.183 e. The van der Waals surface area contributed by atoms with E-state index in [4.69, 9.17) is 19.8 Å². The maximum absolute atomic E-state index is 9.35. The van der Waals surface area contributed by atoms with Crippen molar-refractivity contribution in [1.29, 1.82) is 5.26 Å². The summed E-state index contributed by atoms with van der Waals surface area (Å²) in [6.45, 7) is 4.59. The molecular weight excluding hydrogens is 428 g/mol. The first-order valence-electron chi connectivity index (χ1n) is 12.5. The van der Waals surface area contributed by atoms with E-state index < -0.39 is 0 Å². The van der Waals surface area contributed by atoms with Gasteiger partial charge in [0.25, 0.3) is 0 Å². The molecule has 2 fully saturated rings. The summed E-state index contributed by atoms with van der Waals surface area (Å²) in [6, 6.07) is 6.77. The van der Waals surface area contributed by atoms with Crippen molar-refractivity contribution >= 4 is 28.5 Å². The topological polar surface area (TPSA) is 96.0 Å². The van der Waals surface area contributed by atoms with E-state index in [1.165, 1.54) is 0 Å². The van der Waals surface area contributed by atoms with Crippen molar-refractivity contribution < 1.29 is 4.74 Å². The van der Waals surface area contributed by atoms with Crippen LogP contribution in [0.3, 0.4) is 0 Å². The van der Waals surface area contributed by atoms with Crippen molar-refractivity contribution in [2.24, 2.45) is 5.92 Å². The van der Waals surface area contributed by atoms with Gasteiger partial charge in [0.05, 0.1) is 23.6 Å². The van der Waals surface area contributed by atoms with E-state index in [1.54, 1.807) is 0 Å². The molecule has 9 nitrogen and oxygen atoms in total. The number of pyridine rings is 1.